The van der Waals surface area contributed by atoms with Gasteiger partial charge in [-0.2, -0.15) is 4.98 Å². The van der Waals surface area contributed by atoms with Gasteiger partial charge in [0.25, 0.3) is 0 Å². The van der Waals surface area contributed by atoms with Gasteiger partial charge in [-0.3, -0.25) is 0 Å². The molecule has 27 heavy (non-hydrogen) atoms. The van der Waals surface area contributed by atoms with E-state index in [0.717, 1.165) is 21.3 Å². The van der Waals surface area contributed by atoms with Crippen LogP contribution in [0.5, 0.6) is 17.4 Å². The molecule has 0 unspecified atom stereocenters. The molecule has 2 aromatic carbocycles. The minimum Gasteiger partial charge on any atom is -0.493 e. The second-order valence-electron chi connectivity index (χ2n) is 5.83. The number of rotatable bonds is 6. The predicted octanol–water partition coefficient (Wildman–Crippen LogP) is 5.31. The minimum atomic E-state index is 0.316. The summed E-state index contributed by atoms with van der Waals surface area (Å²) in [7, 11) is 3.24. The van der Waals surface area contributed by atoms with E-state index in [2.05, 4.69) is 27.5 Å². The van der Waals surface area contributed by atoms with Gasteiger partial charge in [-0.05, 0) is 17.7 Å². The van der Waals surface area contributed by atoms with Gasteiger partial charge in [0.15, 0.2) is 17.3 Å². The molecule has 0 bridgehead atoms. The van der Waals surface area contributed by atoms with E-state index in [4.69, 9.17) is 14.2 Å². The normalized spacial score (nSPS) is 10.9. The lowest BCUT2D eigenvalue weighted by molar-refractivity contribution is 0.177. The van der Waals surface area contributed by atoms with Crippen LogP contribution in [0, 0.1) is 0 Å². The van der Waals surface area contributed by atoms with Crippen molar-refractivity contribution >= 4 is 21.6 Å². The number of ether oxygens (including phenoxy) is 3. The third-order valence-electron chi connectivity index (χ3n) is 4.08. The maximum Gasteiger partial charge on any atom is 0.232 e. The standard InChI is InChI=1S/C21H18N2O3S/c1-24-12-18-22-20(26-17-11-7-6-10-16(17)25-2)19-15(13-27-21(19)23-18)14-8-4-3-5-9-14/h3-11,13H,12H2,1-2H3. The summed E-state index contributed by atoms with van der Waals surface area (Å²) in [5, 5.41) is 2.97. The lowest BCUT2D eigenvalue weighted by atomic mass is 10.1. The molecule has 0 fully saturated rings. The Bertz CT molecular complexity index is 1060. The van der Waals surface area contributed by atoms with Gasteiger partial charge >= 0.3 is 0 Å². The summed E-state index contributed by atoms with van der Waals surface area (Å²) in [5.74, 6) is 2.33. The smallest absolute Gasteiger partial charge is 0.232 e. The molecule has 4 rings (SSSR count). The zero-order valence-corrected chi connectivity index (χ0v) is 15.8. The van der Waals surface area contributed by atoms with Crippen molar-refractivity contribution in [2.45, 2.75) is 6.61 Å². The van der Waals surface area contributed by atoms with Crippen molar-refractivity contribution < 1.29 is 14.2 Å². The number of hydrogen-bond donors (Lipinski definition) is 0. The Balaban J connectivity index is 1.89. The molecule has 0 saturated heterocycles. The second kappa shape index (κ2) is 7.73. The summed E-state index contributed by atoms with van der Waals surface area (Å²) in [6.45, 7) is 0.316. The van der Waals surface area contributed by atoms with Crippen LogP contribution >= 0.6 is 11.3 Å². The van der Waals surface area contributed by atoms with Gasteiger partial charge in [0.1, 0.15) is 11.4 Å². The molecule has 4 aromatic rings. The van der Waals surface area contributed by atoms with E-state index in [1.54, 1.807) is 25.6 Å². The van der Waals surface area contributed by atoms with Crippen LogP contribution in [0.15, 0.2) is 60.0 Å². The highest BCUT2D eigenvalue weighted by molar-refractivity contribution is 7.17. The molecule has 0 aliphatic rings. The summed E-state index contributed by atoms with van der Waals surface area (Å²) in [6.07, 6.45) is 0. The number of benzene rings is 2. The summed E-state index contributed by atoms with van der Waals surface area (Å²) < 4.78 is 16.8. The van der Waals surface area contributed by atoms with Crippen LogP contribution in [-0.4, -0.2) is 24.2 Å². The van der Waals surface area contributed by atoms with Crippen LogP contribution in [0.2, 0.25) is 0 Å². The minimum absolute atomic E-state index is 0.316. The Morgan fingerprint density at radius 1 is 0.889 bits per heavy atom. The van der Waals surface area contributed by atoms with E-state index in [0.29, 0.717) is 29.8 Å². The number of para-hydroxylation sites is 2. The molecule has 0 N–H and O–H groups in total. The van der Waals surface area contributed by atoms with Crippen molar-refractivity contribution in [3.8, 4) is 28.5 Å². The molecule has 2 heterocycles. The van der Waals surface area contributed by atoms with Crippen molar-refractivity contribution in [3.63, 3.8) is 0 Å². The van der Waals surface area contributed by atoms with Crippen molar-refractivity contribution in [1.82, 2.24) is 9.97 Å². The van der Waals surface area contributed by atoms with Crippen molar-refractivity contribution in [3.05, 3.63) is 65.8 Å². The molecule has 6 heteroatoms. The third-order valence-corrected chi connectivity index (χ3v) is 4.95. The zero-order chi connectivity index (χ0) is 18.6. The first-order chi connectivity index (χ1) is 13.3. The molecule has 0 spiro atoms. The topological polar surface area (TPSA) is 53.5 Å². The molecule has 0 saturated carbocycles. The quantitative estimate of drug-likeness (QED) is 0.455. The Hall–Kier alpha value is -2.96. The summed E-state index contributed by atoms with van der Waals surface area (Å²) in [5.41, 5.74) is 2.14. The van der Waals surface area contributed by atoms with Crippen LogP contribution in [0.3, 0.4) is 0 Å². The molecule has 0 aliphatic carbocycles. The number of thiophene rings is 1. The molecule has 2 aromatic heterocycles. The van der Waals surface area contributed by atoms with E-state index < -0.39 is 0 Å². The number of fused-ring (bicyclic) bond motifs is 1. The molecular weight excluding hydrogens is 360 g/mol. The maximum atomic E-state index is 6.20. The van der Waals surface area contributed by atoms with Gasteiger partial charge in [-0.25, -0.2) is 4.98 Å². The van der Waals surface area contributed by atoms with Crippen molar-refractivity contribution in [2.24, 2.45) is 0 Å². The Labute approximate surface area is 161 Å². The first-order valence-corrected chi connectivity index (χ1v) is 9.31. The molecule has 0 atom stereocenters. The highest BCUT2D eigenvalue weighted by Gasteiger charge is 2.18. The SMILES string of the molecule is COCc1nc(Oc2ccccc2OC)c2c(-c3ccccc3)csc2n1. The van der Waals surface area contributed by atoms with E-state index in [-0.39, 0.29) is 0 Å². The fraction of sp³-hybridized carbons (Fsp3) is 0.143. The second-order valence-corrected chi connectivity index (χ2v) is 6.68. The maximum absolute atomic E-state index is 6.20. The average molecular weight is 378 g/mol. The summed E-state index contributed by atoms with van der Waals surface area (Å²) in [4.78, 5) is 10.1. The first kappa shape index (κ1) is 17.5. The summed E-state index contributed by atoms with van der Waals surface area (Å²) >= 11 is 1.57. The Morgan fingerprint density at radius 2 is 1.63 bits per heavy atom. The lowest BCUT2D eigenvalue weighted by Crippen LogP contribution is -2.00. The molecule has 0 aliphatic heterocycles. The van der Waals surface area contributed by atoms with E-state index in [1.165, 1.54) is 0 Å². The Morgan fingerprint density at radius 3 is 2.37 bits per heavy atom. The highest BCUT2D eigenvalue weighted by Crippen LogP contribution is 2.41. The highest BCUT2D eigenvalue weighted by atomic mass is 32.1. The van der Waals surface area contributed by atoms with Crippen molar-refractivity contribution in [1.29, 1.82) is 0 Å². The first-order valence-electron chi connectivity index (χ1n) is 8.43. The van der Waals surface area contributed by atoms with Crippen LogP contribution < -0.4 is 9.47 Å². The largest absolute Gasteiger partial charge is 0.493 e. The fourth-order valence-corrected chi connectivity index (χ4v) is 3.81. The van der Waals surface area contributed by atoms with Gasteiger partial charge in [-0.15, -0.1) is 11.3 Å². The van der Waals surface area contributed by atoms with E-state index >= 15 is 0 Å². The number of methoxy groups -OCH3 is 2. The average Bonchev–Trinajstić information content (AvgIpc) is 3.14. The molecule has 5 nitrogen and oxygen atoms in total. The lowest BCUT2D eigenvalue weighted by Gasteiger charge is -2.12. The van der Waals surface area contributed by atoms with E-state index in [9.17, 15) is 0 Å². The number of hydrogen-bond acceptors (Lipinski definition) is 6. The monoisotopic (exact) mass is 378 g/mol. The van der Waals surface area contributed by atoms with Crippen molar-refractivity contribution in [2.75, 3.05) is 14.2 Å². The van der Waals surface area contributed by atoms with Gasteiger partial charge in [-0.1, -0.05) is 42.5 Å². The number of aromatic nitrogens is 2. The summed E-state index contributed by atoms with van der Waals surface area (Å²) in [6, 6.07) is 17.7. The zero-order valence-electron chi connectivity index (χ0n) is 15.0. The van der Waals surface area contributed by atoms with Gasteiger partial charge in [0, 0.05) is 18.1 Å². The van der Waals surface area contributed by atoms with Crippen LogP contribution in [0.1, 0.15) is 5.82 Å². The van der Waals surface area contributed by atoms with Gasteiger partial charge < -0.3 is 14.2 Å². The van der Waals surface area contributed by atoms with E-state index in [1.807, 2.05) is 42.5 Å². The predicted molar refractivity (Wildman–Crippen MR) is 107 cm³/mol. The fourth-order valence-electron chi connectivity index (χ4n) is 2.86. The number of nitrogens with zero attached hydrogens (tertiary/aromatic N) is 2. The molecule has 136 valence electrons. The van der Waals surface area contributed by atoms with Crippen LogP contribution in [0.25, 0.3) is 21.3 Å². The van der Waals surface area contributed by atoms with Gasteiger partial charge in [0.05, 0.1) is 12.5 Å². The van der Waals surface area contributed by atoms with Gasteiger partial charge in [0.2, 0.25) is 5.88 Å². The van der Waals surface area contributed by atoms with Crippen LogP contribution in [0.4, 0.5) is 0 Å². The van der Waals surface area contributed by atoms with Crippen LogP contribution in [-0.2, 0) is 11.3 Å². The molecule has 0 amide bonds. The third kappa shape index (κ3) is 3.49. The molecule has 0 radical (unpaired) electrons. The Kier molecular flexibility index (Phi) is 5.00. The molecular formula is C21H18N2O3S.